The highest BCUT2D eigenvalue weighted by Crippen LogP contribution is 2.33. The van der Waals surface area contributed by atoms with Crippen molar-refractivity contribution in [2.75, 3.05) is 46.8 Å². The normalized spacial score (nSPS) is 28.1. The second kappa shape index (κ2) is 8.49. The Balaban J connectivity index is 1.72. The Morgan fingerprint density at radius 3 is 2.24 bits per heavy atom. The Morgan fingerprint density at radius 2 is 1.60 bits per heavy atom. The van der Waals surface area contributed by atoms with Gasteiger partial charge < -0.3 is 15.1 Å². The number of carbonyl (C=O) groups excluding carboxylic acids is 2. The van der Waals surface area contributed by atoms with E-state index in [0.717, 1.165) is 58.4 Å². The van der Waals surface area contributed by atoms with Gasteiger partial charge in [0, 0.05) is 33.2 Å². The summed E-state index contributed by atoms with van der Waals surface area (Å²) in [5.41, 5.74) is 0. The topological polar surface area (TPSA) is 55.9 Å². The molecule has 2 atom stereocenters. The summed E-state index contributed by atoms with van der Waals surface area (Å²) in [6, 6.07) is -0.234. The molecule has 0 bridgehead atoms. The van der Waals surface area contributed by atoms with Gasteiger partial charge >= 0.3 is 0 Å². The summed E-state index contributed by atoms with van der Waals surface area (Å²) in [7, 11) is 3.83. The number of hydrogen-bond acceptors (Lipinski definition) is 4. The predicted octanol–water partition coefficient (Wildman–Crippen LogP) is 0.920. The molecule has 6 heteroatoms. The minimum absolute atomic E-state index is 0.102. The number of carbonyl (C=O) groups is 2. The number of piperazine rings is 1. The van der Waals surface area contributed by atoms with Crippen LogP contribution in [0.2, 0.25) is 0 Å². The summed E-state index contributed by atoms with van der Waals surface area (Å²) < 4.78 is 0. The highest BCUT2D eigenvalue weighted by Gasteiger charge is 2.43. The van der Waals surface area contributed by atoms with Crippen molar-refractivity contribution in [3.05, 3.63) is 0 Å². The highest BCUT2D eigenvalue weighted by molar-refractivity contribution is 5.86. The van der Waals surface area contributed by atoms with E-state index in [-0.39, 0.29) is 23.9 Å². The molecule has 0 aromatic rings. The smallest absolute Gasteiger partial charge is 0.240 e. The van der Waals surface area contributed by atoms with Gasteiger partial charge in [0.2, 0.25) is 11.8 Å². The number of hydrogen-bond donors (Lipinski definition) is 1. The number of nitrogens with one attached hydrogen (secondary N) is 1. The van der Waals surface area contributed by atoms with Crippen LogP contribution in [0.3, 0.4) is 0 Å². The summed E-state index contributed by atoms with van der Waals surface area (Å²) in [6.45, 7) is 4.39. The van der Waals surface area contributed by atoms with E-state index in [1.807, 2.05) is 4.90 Å². The van der Waals surface area contributed by atoms with Gasteiger partial charge in [-0.2, -0.15) is 0 Å². The molecule has 2 amide bonds. The van der Waals surface area contributed by atoms with Gasteiger partial charge in [-0.3, -0.25) is 14.5 Å². The molecule has 0 radical (unpaired) electrons. The fourth-order valence-corrected chi connectivity index (χ4v) is 4.86. The largest absolute Gasteiger partial charge is 0.358 e. The molecule has 1 saturated carbocycles. The molecule has 3 rings (SSSR count). The van der Waals surface area contributed by atoms with E-state index < -0.39 is 0 Å². The fraction of sp³-hybridized carbons (Fsp3) is 0.895. The van der Waals surface area contributed by atoms with Crippen LogP contribution in [0.4, 0.5) is 0 Å². The Bertz CT molecular complexity index is 470. The van der Waals surface area contributed by atoms with E-state index in [9.17, 15) is 9.59 Å². The Morgan fingerprint density at radius 1 is 0.920 bits per heavy atom. The van der Waals surface area contributed by atoms with Crippen LogP contribution in [0.1, 0.15) is 44.9 Å². The van der Waals surface area contributed by atoms with E-state index in [0.29, 0.717) is 5.92 Å². The van der Waals surface area contributed by atoms with Crippen LogP contribution in [0.5, 0.6) is 0 Å². The Hall–Kier alpha value is -1.14. The molecule has 3 fully saturated rings. The maximum Gasteiger partial charge on any atom is 0.240 e. The zero-order valence-electron chi connectivity index (χ0n) is 15.9. The molecule has 3 aliphatic rings. The van der Waals surface area contributed by atoms with Crippen molar-refractivity contribution in [3.63, 3.8) is 0 Å². The lowest BCUT2D eigenvalue weighted by Gasteiger charge is -2.40. The van der Waals surface area contributed by atoms with Crippen molar-refractivity contribution in [1.29, 1.82) is 0 Å². The summed E-state index contributed by atoms with van der Waals surface area (Å²) in [5, 5.41) is 2.87. The van der Waals surface area contributed by atoms with Crippen LogP contribution in [0.25, 0.3) is 0 Å². The molecular weight excluding hydrogens is 316 g/mol. The zero-order chi connectivity index (χ0) is 17.8. The van der Waals surface area contributed by atoms with Gasteiger partial charge in [-0.25, -0.2) is 0 Å². The van der Waals surface area contributed by atoms with Gasteiger partial charge in [0.25, 0.3) is 0 Å². The molecule has 6 nitrogen and oxygen atoms in total. The minimum Gasteiger partial charge on any atom is -0.358 e. The molecule has 0 aromatic heterocycles. The first-order valence-electron chi connectivity index (χ1n) is 10.1. The molecule has 0 unspecified atom stereocenters. The fourth-order valence-electron chi connectivity index (χ4n) is 4.86. The number of amides is 2. The number of likely N-dealkylation sites (tertiary alicyclic amines) is 1. The summed E-state index contributed by atoms with van der Waals surface area (Å²) >= 11 is 0. The summed E-state index contributed by atoms with van der Waals surface area (Å²) in [4.78, 5) is 32.4. The van der Waals surface area contributed by atoms with Crippen molar-refractivity contribution in [3.8, 4) is 0 Å². The van der Waals surface area contributed by atoms with Crippen molar-refractivity contribution < 1.29 is 9.59 Å². The van der Waals surface area contributed by atoms with E-state index in [2.05, 4.69) is 22.2 Å². The maximum atomic E-state index is 13.1. The van der Waals surface area contributed by atoms with E-state index >= 15 is 0 Å². The van der Waals surface area contributed by atoms with Crippen LogP contribution >= 0.6 is 0 Å². The SMILES string of the molecule is CNC(=O)[C@@H](C1CCCCC1)N1CCC[C@H]1C(=O)N1CCN(C)CC1. The lowest BCUT2D eigenvalue weighted by atomic mass is 9.82. The third-order valence-corrected chi connectivity index (χ3v) is 6.36. The van der Waals surface area contributed by atoms with Gasteiger partial charge in [0.1, 0.15) is 0 Å². The second-order valence-electron chi connectivity index (χ2n) is 7.98. The number of nitrogens with zero attached hydrogens (tertiary/aromatic N) is 3. The quantitative estimate of drug-likeness (QED) is 0.819. The molecule has 2 aliphatic heterocycles. The lowest BCUT2D eigenvalue weighted by molar-refractivity contribution is -0.141. The summed E-state index contributed by atoms with van der Waals surface area (Å²) in [5.74, 6) is 0.745. The molecule has 25 heavy (non-hydrogen) atoms. The third-order valence-electron chi connectivity index (χ3n) is 6.36. The highest BCUT2D eigenvalue weighted by atomic mass is 16.2. The van der Waals surface area contributed by atoms with Gasteiger partial charge in [-0.15, -0.1) is 0 Å². The van der Waals surface area contributed by atoms with Crippen molar-refractivity contribution in [2.45, 2.75) is 57.0 Å². The molecule has 1 N–H and O–H groups in total. The maximum absolute atomic E-state index is 13.1. The van der Waals surface area contributed by atoms with E-state index in [1.165, 1.54) is 19.3 Å². The average molecular weight is 351 g/mol. The first-order valence-corrected chi connectivity index (χ1v) is 10.1. The monoisotopic (exact) mass is 350 g/mol. The van der Waals surface area contributed by atoms with Gasteiger partial charge in [0.15, 0.2) is 0 Å². The summed E-state index contributed by atoms with van der Waals surface area (Å²) in [6.07, 6.45) is 7.84. The Kier molecular flexibility index (Phi) is 6.34. The average Bonchev–Trinajstić information content (AvgIpc) is 3.12. The van der Waals surface area contributed by atoms with Crippen molar-refractivity contribution in [1.82, 2.24) is 20.0 Å². The van der Waals surface area contributed by atoms with Crippen molar-refractivity contribution in [2.24, 2.45) is 5.92 Å². The zero-order valence-corrected chi connectivity index (χ0v) is 15.9. The third kappa shape index (κ3) is 4.17. The minimum atomic E-state index is -0.130. The van der Waals surface area contributed by atoms with Gasteiger partial charge in [0.05, 0.1) is 12.1 Å². The Labute approximate surface area is 151 Å². The molecule has 142 valence electrons. The molecular formula is C19H34N4O2. The van der Waals surface area contributed by atoms with Crippen LogP contribution in [-0.4, -0.2) is 85.4 Å². The molecule has 0 spiro atoms. The van der Waals surface area contributed by atoms with Crippen LogP contribution in [0.15, 0.2) is 0 Å². The van der Waals surface area contributed by atoms with Crippen LogP contribution < -0.4 is 5.32 Å². The molecule has 2 saturated heterocycles. The van der Waals surface area contributed by atoms with E-state index in [1.54, 1.807) is 7.05 Å². The second-order valence-corrected chi connectivity index (χ2v) is 7.98. The first kappa shape index (κ1) is 18.6. The van der Waals surface area contributed by atoms with Crippen molar-refractivity contribution >= 4 is 11.8 Å². The molecule has 2 heterocycles. The van der Waals surface area contributed by atoms with Crippen LogP contribution in [0, 0.1) is 5.92 Å². The predicted molar refractivity (Wildman–Crippen MR) is 98.2 cm³/mol. The molecule has 0 aromatic carbocycles. The van der Waals surface area contributed by atoms with Gasteiger partial charge in [-0.1, -0.05) is 19.3 Å². The van der Waals surface area contributed by atoms with Crippen LogP contribution in [-0.2, 0) is 9.59 Å². The number of rotatable bonds is 4. The number of likely N-dealkylation sites (N-methyl/N-ethyl adjacent to an activating group) is 2. The first-order chi connectivity index (χ1) is 12.1. The standard InChI is InChI=1S/C19H34N4O2/c1-20-18(24)17(15-7-4-3-5-8-15)23-10-6-9-16(23)19(25)22-13-11-21(2)12-14-22/h15-17H,3-14H2,1-2H3,(H,20,24)/t16-,17+/m0/s1. The van der Waals surface area contributed by atoms with Gasteiger partial charge in [-0.05, 0) is 45.2 Å². The lowest BCUT2D eigenvalue weighted by Crippen LogP contribution is -2.58. The molecule has 1 aliphatic carbocycles. The van der Waals surface area contributed by atoms with E-state index in [4.69, 9.17) is 0 Å².